The minimum atomic E-state index is -1.74. The highest BCUT2D eigenvalue weighted by Gasteiger charge is 2.50. The van der Waals surface area contributed by atoms with Gasteiger partial charge in [0.05, 0.1) is 0 Å². The van der Waals surface area contributed by atoms with Crippen molar-refractivity contribution in [3.63, 3.8) is 0 Å². The number of hydrogen-bond acceptors (Lipinski definition) is 9. The van der Waals surface area contributed by atoms with Crippen LogP contribution in [0.4, 0.5) is 4.79 Å². The molecule has 0 aliphatic heterocycles. The van der Waals surface area contributed by atoms with E-state index in [4.69, 9.17) is 9.47 Å². The molecule has 6 N–H and O–H groups in total. The van der Waals surface area contributed by atoms with E-state index in [1.807, 2.05) is 161 Å². The Hall–Kier alpha value is -6.61. The Labute approximate surface area is 504 Å². The fourth-order valence-corrected chi connectivity index (χ4v) is 13.0. The fraction of sp³-hybridized carbons (Fsp3) is 0.507. The summed E-state index contributed by atoms with van der Waals surface area (Å²) in [7, 11) is 0. The van der Waals surface area contributed by atoms with Crippen molar-refractivity contribution in [3.8, 4) is 34.5 Å². The highest BCUT2D eigenvalue weighted by atomic mass is 16.7. The third-order valence-electron chi connectivity index (χ3n) is 17.5. The number of rotatable bonds is 12. The number of benzene rings is 6. The second-order valence-electron chi connectivity index (χ2n) is 31.0. The van der Waals surface area contributed by atoms with Crippen LogP contribution >= 0.6 is 0 Å². The molecule has 0 aliphatic rings. The highest BCUT2D eigenvalue weighted by Crippen LogP contribution is 2.54. The van der Waals surface area contributed by atoms with Gasteiger partial charge < -0.3 is 40.1 Å². The largest absolute Gasteiger partial charge is 0.510 e. The summed E-state index contributed by atoms with van der Waals surface area (Å²) >= 11 is 0. The van der Waals surface area contributed by atoms with E-state index in [2.05, 4.69) is 67.5 Å². The number of carbonyl (C=O) groups excluding carboxylic acids is 1. The lowest BCUT2D eigenvalue weighted by molar-refractivity contribution is -0.0695. The smallest absolute Gasteiger partial charge is 0.508 e. The maximum atomic E-state index is 16.9. The first kappa shape index (κ1) is 66.5. The maximum Gasteiger partial charge on any atom is 0.510 e. The van der Waals surface area contributed by atoms with Gasteiger partial charge in [-0.25, -0.2) is 4.79 Å². The summed E-state index contributed by atoms with van der Waals surface area (Å²) in [4.78, 5) is 16.9. The highest BCUT2D eigenvalue weighted by molar-refractivity contribution is 5.68. The molecule has 2 unspecified atom stereocenters. The van der Waals surface area contributed by atoms with Crippen LogP contribution in [0.25, 0.3) is 0 Å². The summed E-state index contributed by atoms with van der Waals surface area (Å²) in [5.41, 5.74) is 5.93. The molecular formula is C75H102O9. The van der Waals surface area contributed by atoms with E-state index in [0.717, 1.165) is 33.4 Å². The van der Waals surface area contributed by atoms with Crippen LogP contribution in [-0.2, 0) is 53.2 Å². The van der Waals surface area contributed by atoms with Crippen LogP contribution in [0.1, 0.15) is 263 Å². The number of phenolic OH excluding ortho intramolecular Hbond substituents is 6. The number of aromatic hydroxyl groups is 6. The van der Waals surface area contributed by atoms with Gasteiger partial charge in [0.15, 0.2) is 11.2 Å². The Morgan fingerprint density at radius 2 is 0.488 bits per heavy atom. The molecule has 6 aromatic rings. The lowest BCUT2D eigenvalue weighted by Crippen LogP contribution is -2.42. The fourth-order valence-electron chi connectivity index (χ4n) is 13.0. The SMILES string of the molecule is Cc1cc(O)c(C(C)(C)C)cc1C(C)CC(OC(=O)OC(CC(C)c1cc(C(C)(C)C)c(O)cc1C)(c1cc(C(C)(C)C)c(O)cc1C)c1cc(C(C)(C)C)c(O)cc1C)(c1cc(C(C)(C)C)c(O)cc1C)c1cc(C(C)(C)C)c(O)cc1C. The molecule has 84 heavy (non-hydrogen) atoms. The second-order valence-corrected chi connectivity index (χ2v) is 31.0. The molecule has 0 saturated carbocycles. The molecule has 0 amide bonds. The lowest BCUT2D eigenvalue weighted by atomic mass is 9.70. The molecule has 0 spiro atoms. The molecule has 6 aromatic carbocycles. The van der Waals surface area contributed by atoms with E-state index in [1.54, 1.807) is 24.3 Å². The predicted molar refractivity (Wildman–Crippen MR) is 344 cm³/mol. The van der Waals surface area contributed by atoms with Gasteiger partial charge in [0.1, 0.15) is 34.5 Å². The molecule has 0 saturated heterocycles. The zero-order chi connectivity index (χ0) is 63.9. The summed E-state index contributed by atoms with van der Waals surface area (Å²) in [5, 5.41) is 70.7. The minimum absolute atomic E-state index is 0.0948. The number of phenols is 6. The van der Waals surface area contributed by atoms with Crippen molar-refractivity contribution in [2.45, 2.75) is 248 Å². The molecule has 6 rings (SSSR count). The van der Waals surface area contributed by atoms with Crippen LogP contribution in [0.15, 0.2) is 72.8 Å². The van der Waals surface area contributed by atoms with Gasteiger partial charge in [-0.2, -0.15) is 0 Å². The zero-order valence-corrected chi connectivity index (χ0v) is 55.9. The van der Waals surface area contributed by atoms with E-state index in [9.17, 15) is 30.6 Å². The average molecular weight is 1150 g/mol. The Bertz CT molecular complexity index is 3110. The summed E-state index contributed by atoms with van der Waals surface area (Å²) in [6.45, 7) is 52.6. The zero-order valence-electron chi connectivity index (χ0n) is 55.9. The lowest BCUT2D eigenvalue weighted by Gasteiger charge is -2.43. The summed E-state index contributed by atoms with van der Waals surface area (Å²) in [5.74, 6) is -0.0188. The van der Waals surface area contributed by atoms with E-state index >= 15 is 4.79 Å². The summed E-state index contributed by atoms with van der Waals surface area (Å²) in [6.07, 6.45) is -0.757. The third-order valence-corrected chi connectivity index (χ3v) is 17.5. The van der Waals surface area contributed by atoms with E-state index in [1.165, 1.54) is 0 Å². The van der Waals surface area contributed by atoms with Gasteiger partial charge in [0.2, 0.25) is 0 Å². The first-order valence-corrected chi connectivity index (χ1v) is 30.0. The number of hydrogen-bond donors (Lipinski definition) is 6. The maximum absolute atomic E-state index is 16.9. The quantitative estimate of drug-likeness (QED) is 0.0657. The monoisotopic (exact) mass is 1150 g/mol. The van der Waals surface area contributed by atoms with Gasteiger partial charge in [0.25, 0.3) is 0 Å². The minimum Gasteiger partial charge on any atom is -0.508 e. The van der Waals surface area contributed by atoms with Gasteiger partial charge in [-0.1, -0.05) is 151 Å². The van der Waals surface area contributed by atoms with Crippen molar-refractivity contribution in [1.82, 2.24) is 0 Å². The number of aryl methyl sites for hydroxylation is 6. The van der Waals surface area contributed by atoms with E-state index < -0.39 is 61.7 Å². The van der Waals surface area contributed by atoms with Crippen LogP contribution in [-0.4, -0.2) is 36.8 Å². The number of carbonyl (C=O) groups is 1. The molecule has 0 fully saturated rings. The molecule has 0 bridgehead atoms. The molecule has 2 atom stereocenters. The van der Waals surface area contributed by atoms with Crippen LogP contribution in [0, 0.1) is 41.5 Å². The predicted octanol–water partition coefficient (Wildman–Crippen LogP) is 19.3. The second kappa shape index (κ2) is 22.7. The summed E-state index contributed by atoms with van der Waals surface area (Å²) < 4.78 is 15.3. The molecular weight excluding hydrogens is 1040 g/mol. The Morgan fingerprint density at radius 3 is 0.679 bits per heavy atom. The molecule has 0 aromatic heterocycles. The van der Waals surface area contributed by atoms with Crippen molar-refractivity contribution < 1.29 is 44.9 Å². The van der Waals surface area contributed by atoms with E-state index in [-0.39, 0.29) is 47.3 Å². The first-order chi connectivity index (χ1) is 38.1. The van der Waals surface area contributed by atoms with Gasteiger partial charge in [-0.05, 0) is 224 Å². The molecule has 0 aliphatic carbocycles. The number of ether oxygens (including phenoxy) is 2. The van der Waals surface area contributed by atoms with Crippen molar-refractivity contribution in [2.24, 2.45) is 0 Å². The average Bonchev–Trinajstić information content (AvgIpc) is 0.801. The third kappa shape index (κ3) is 13.3. The van der Waals surface area contributed by atoms with Crippen molar-refractivity contribution >= 4 is 6.16 Å². The molecule has 9 nitrogen and oxygen atoms in total. The van der Waals surface area contributed by atoms with Crippen LogP contribution < -0.4 is 0 Å². The normalized spacial score (nSPS) is 13.9. The molecule has 456 valence electrons. The Balaban J connectivity index is 1.87. The molecule has 0 heterocycles. The van der Waals surface area contributed by atoms with Gasteiger partial charge in [-0.3, -0.25) is 0 Å². The van der Waals surface area contributed by atoms with Crippen molar-refractivity contribution in [3.05, 3.63) is 173 Å². The molecule has 9 heteroatoms. The van der Waals surface area contributed by atoms with Crippen LogP contribution in [0.3, 0.4) is 0 Å². The van der Waals surface area contributed by atoms with Crippen LogP contribution in [0.5, 0.6) is 34.5 Å². The topological polar surface area (TPSA) is 157 Å². The van der Waals surface area contributed by atoms with Gasteiger partial charge in [0, 0.05) is 35.1 Å². The Morgan fingerprint density at radius 1 is 0.310 bits per heavy atom. The summed E-state index contributed by atoms with van der Waals surface area (Å²) in [6, 6.07) is 22.6. The Kier molecular flexibility index (Phi) is 18.0. The van der Waals surface area contributed by atoms with Crippen molar-refractivity contribution in [1.29, 1.82) is 0 Å². The van der Waals surface area contributed by atoms with Crippen molar-refractivity contribution in [2.75, 3.05) is 0 Å². The van der Waals surface area contributed by atoms with E-state index in [0.29, 0.717) is 66.8 Å². The van der Waals surface area contributed by atoms with Gasteiger partial charge in [-0.15, -0.1) is 0 Å². The standard InChI is InChI=1S/C75H102O9/c1-41-27-61(76)55(68(9,10)11)33-49(41)47(7)39-74(51-35-57(70(15,16)17)63(78)29-43(51)3,52-36-58(71(18,19)20)64(79)30-44(52)4)83-67(82)84-75(53-37-59(72(21,22)23)65(80)31-45(53)5,54-38-60(73(24,25)26)66(81)32-46(54)6)40-48(8)50-34-56(69(12,13)14)62(77)28-42(50)2/h27-38,47-48,76-81H,39-40H2,1-26H3. The van der Waals surface area contributed by atoms with Crippen LogP contribution in [0.2, 0.25) is 0 Å². The molecule has 0 radical (unpaired) electrons. The van der Waals surface area contributed by atoms with Gasteiger partial charge >= 0.3 is 6.16 Å². The first-order valence-electron chi connectivity index (χ1n) is 30.0.